The Morgan fingerprint density at radius 3 is 2.78 bits per heavy atom. The summed E-state index contributed by atoms with van der Waals surface area (Å²) in [6.45, 7) is 0.572. The number of carbonyl (C=O) groups is 2. The Morgan fingerprint density at radius 1 is 1.61 bits per heavy atom. The summed E-state index contributed by atoms with van der Waals surface area (Å²) in [6, 6.07) is 1.13. The number of carboxylic acid groups (broad SMARTS) is 1. The summed E-state index contributed by atoms with van der Waals surface area (Å²) in [4.78, 5) is 22.3. The highest BCUT2D eigenvalue weighted by Gasteiger charge is 2.36. The van der Waals surface area contributed by atoms with Gasteiger partial charge in [-0.1, -0.05) is 11.6 Å². The first-order chi connectivity index (χ1) is 8.56. The number of nitrogens with zero attached hydrogens (tertiary/aromatic N) is 1. The molecular formula is C11H14N2O4S. The largest absolute Gasteiger partial charge is 0.475 e. The van der Waals surface area contributed by atoms with Gasteiger partial charge in [0.15, 0.2) is 5.69 Å². The van der Waals surface area contributed by atoms with E-state index in [1.165, 1.54) is 6.42 Å². The number of amides is 1. The Morgan fingerprint density at radius 2 is 2.33 bits per heavy atom. The third-order valence-electron chi connectivity index (χ3n) is 3.22. The lowest BCUT2D eigenvalue weighted by atomic mass is 9.84. The summed E-state index contributed by atoms with van der Waals surface area (Å²) >= 11 is 1.75. The van der Waals surface area contributed by atoms with E-state index in [0.717, 1.165) is 18.9 Å². The molecule has 1 saturated carbocycles. The van der Waals surface area contributed by atoms with Crippen molar-refractivity contribution in [1.82, 2.24) is 10.5 Å². The number of aromatic nitrogens is 1. The molecule has 1 aliphatic carbocycles. The molecule has 6 nitrogen and oxygen atoms in total. The summed E-state index contributed by atoms with van der Waals surface area (Å²) in [5, 5.41) is 14.9. The number of rotatable bonds is 5. The molecule has 1 fully saturated rings. The zero-order valence-corrected chi connectivity index (χ0v) is 10.7. The summed E-state index contributed by atoms with van der Waals surface area (Å²) in [5.74, 6) is -1.96. The highest BCUT2D eigenvalue weighted by atomic mass is 32.2. The van der Waals surface area contributed by atoms with Crippen LogP contribution < -0.4 is 5.32 Å². The molecule has 0 unspecified atom stereocenters. The number of hydrogen-bond donors (Lipinski definition) is 2. The van der Waals surface area contributed by atoms with Crippen LogP contribution in [0.15, 0.2) is 10.6 Å². The van der Waals surface area contributed by atoms with Gasteiger partial charge >= 0.3 is 5.97 Å². The van der Waals surface area contributed by atoms with Crippen molar-refractivity contribution in [2.45, 2.75) is 24.0 Å². The molecular weight excluding hydrogens is 256 g/mol. The minimum absolute atomic E-state index is 0.00276. The topological polar surface area (TPSA) is 92.4 Å². The monoisotopic (exact) mass is 270 g/mol. The Balaban J connectivity index is 1.93. The number of nitrogens with one attached hydrogen (secondary N) is 1. The van der Waals surface area contributed by atoms with E-state index < -0.39 is 11.9 Å². The lowest BCUT2D eigenvalue weighted by Gasteiger charge is -2.40. The van der Waals surface area contributed by atoms with Crippen LogP contribution in [-0.4, -0.2) is 39.7 Å². The molecule has 0 atom stereocenters. The minimum atomic E-state index is -1.24. The predicted molar refractivity (Wildman–Crippen MR) is 65.9 cm³/mol. The maximum atomic E-state index is 11.7. The van der Waals surface area contributed by atoms with Gasteiger partial charge in [-0.25, -0.2) is 4.79 Å². The molecule has 1 aliphatic rings. The van der Waals surface area contributed by atoms with Crippen LogP contribution in [0.3, 0.4) is 0 Å². The third kappa shape index (κ3) is 2.50. The third-order valence-corrected chi connectivity index (χ3v) is 4.64. The molecule has 18 heavy (non-hydrogen) atoms. The molecule has 0 spiro atoms. The quantitative estimate of drug-likeness (QED) is 0.840. The van der Waals surface area contributed by atoms with Gasteiger partial charge in [0.1, 0.15) is 0 Å². The number of thioether (sulfide) groups is 1. The van der Waals surface area contributed by atoms with Gasteiger partial charge in [0.2, 0.25) is 5.76 Å². The van der Waals surface area contributed by atoms with Gasteiger partial charge < -0.3 is 14.9 Å². The van der Waals surface area contributed by atoms with Crippen molar-refractivity contribution >= 4 is 23.6 Å². The summed E-state index contributed by atoms with van der Waals surface area (Å²) < 4.78 is 4.66. The highest BCUT2D eigenvalue weighted by Crippen LogP contribution is 2.42. The van der Waals surface area contributed by atoms with E-state index in [2.05, 4.69) is 15.0 Å². The average Bonchev–Trinajstić information content (AvgIpc) is 2.77. The fourth-order valence-corrected chi connectivity index (χ4v) is 2.75. The lowest BCUT2D eigenvalue weighted by molar-refractivity contribution is 0.0651. The molecule has 0 radical (unpaired) electrons. The van der Waals surface area contributed by atoms with E-state index in [1.54, 1.807) is 11.8 Å². The highest BCUT2D eigenvalue weighted by molar-refractivity contribution is 8.00. The molecule has 98 valence electrons. The van der Waals surface area contributed by atoms with E-state index in [-0.39, 0.29) is 16.2 Å². The molecule has 0 aromatic carbocycles. The first-order valence-corrected chi connectivity index (χ1v) is 6.82. The van der Waals surface area contributed by atoms with Gasteiger partial charge in [-0.2, -0.15) is 11.8 Å². The number of carbonyl (C=O) groups excluding carboxylic acids is 1. The molecule has 0 bridgehead atoms. The predicted octanol–water partition coefficient (Wildman–Crippen LogP) is 1.39. The van der Waals surface area contributed by atoms with Gasteiger partial charge in [-0.05, 0) is 19.1 Å². The molecule has 1 amide bonds. The molecule has 1 aromatic rings. The molecule has 0 saturated heterocycles. The van der Waals surface area contributed by atoms with Crippen molar-refractivity contribution in [3.63, 3.8) is 0 Å². The van der Waals surface area contributed by atoms with Gasteiger partial charge in [0.25, 0.3) is 5.91 Å². The van der Waals surface area contributed by atoms with Crippen LogP contribution in [0.2, 0.25) is 0 Å². The Labute approximate surface area is 108 Å². The van der Waals surface area contributed by atoms with E-state index in [1.807, 2.05) is 6.26 Å². The minimum Gasteiger partial charge on any atom is -0.475 e. The summed E-state index contributed by atoms with van der Waals surface area (Å²) in [7, 11) is 0. The summed E-state index contributed by atoms with van der Waals surface area (Å²) in [5.41, 5.74) is 0.00276. The number of aromatic carboxylic acids is 1. The van der Waals surface area contributed by atoms with Crippen molar-refractivity contribution < 1.29 is 19.2 Å². The van der Waals surface area contributed by atoms with E-state index in [4.69, 9.17) is 5.11 Å². The first kappa shape index (κ1) is 12.9. The number of hydrogen-bond acceptors (Lipinski definition) is 5. The van der Waals surface area contributed by atoms with Crippen molar-refractivity contribution in [2.24, 2.45) is 0 Å². The maximum Gasteiger partial charge on any atom is 0.374 e. The van der Waals surface area contributed by atoms with Crippen LogP contribution >= 0.6 is 11.8 Å². The van der Waals surface area contributed by atoms with Crippen LogP contribution in [0.4, 0.5) is 0 Å². The van der Waals surface area contributed by atoms with E-state index in [0.29, 0.717) is 6.54 Å². The van der Waals surface area contributed by atoms with Crippen LogP contribution in [0, 0.1) is 0 Å². The van der Waals surface area contributed by atoms with E-state index in [9.17, 15) is 9.59 Å². The molecule has 1 aromatic heterocycles. The molecule has 2 N–H and O–H groups in total. The molecule has 1 heterocycles. The SMILES string of the molecule is CSC1(CNC(=O)c2cc(C(=O)O)on2)CCC1. The maximum absolute atomic E-state index is 11.7. The van der Waals surface area contributed by atoms with Crippen molar-refractivity contribution in [3.05, 3.63) is 17.5 Å². The van der Waals surface area contributed by atoms with Crippen molar-refractivity contribution in [2.75, 3.05) is 12.8 Å². The second-order valence-corrected chi connectivity index (χ2v) is 5.58. The van der Waals surface area contributed by atoms with Gasteiger partial charge in [0.05, 0.1) is 0 Å². The lowest BCUT2D eigenvalue weighted by Crippen LogP contribution is -2.45. The Bertz CT molecular complexity index is 462. The van der Waals surface area contributed by atoms with Crippen LogP contribution in [0.25, 0.3) is 0 Å². The molecule has 2 rings (SSSR count). The Hall–Kier alpha value is -1.50. The Kier molecular flexibility index (Phi) is 3.60. The van der Waals surface area contributed by atoms with Crippen molar-refractivity contribution in [3.8, 4) is 0 Å². The smallest absolute Gasteiger partial charge is 0.374 e. The zero-order chi connectivity index (χ0) is 13.2. The van der Waals surface area contributed by atoms with Crippen LogP contribution in [0.5, 0.6) is 0 Å². The standard InChI is InChI=1S/C11H14N2O4S/c1-18-11(3-2-4-11)6-12-9(14)7-5-8(10(15)16)17-13-7/h5H,2-4,6H2,1H3,(H,12,14)(H,15,16). The fourth-order valence-electron chi connectivity index (χ4n) is 1.84. The fraction of sp³-hybridized carbons (Fsp3) is 0.545. The second kappa shape index (κ2) is 5.01. The normalized spacial score (nSPS) is 16.9. The van der Waals surface area contributed by atoms with Crippen LogP contribution in [0.1, 0.15) is 40.3 Å². The summed E-state index contributed by atoms with van der Waals surface area (Å²) in [6.07, 6.45) is 5.40. The second-order valence-electron chi connectivity index (χ2n) is 4.30. The number of carboxylic acids is 1. The first-order valence-electron chi connectivity index (χ1n) is 5.60. The van der Waals surface area contributed by atoms with Gasteiger partial charge in [-0.15, -0.1) is 0 Å². The van der Waals surface area contributed by atoms with Crippen LogP contribution in [-0.2, 0) is 0 Å². The molecule has 7 heteroatoms. The van der Waals surface area contributed by atoms with Crippen molar-refractivity contribution in [1.29, 1.82) is 0 Å². The zero-order valence-electron chi connectivity index (χ0n) is 9.93. The van der Waals surface area contributed by atoms with Gasteiger partial charge in [-0.3, -0.25) is 4.79 Å². The average molecular weight is 270 g/mol. The van der Waals surface area contributed by atoms with Gasteiger partial charge in [0, 0.05) is 17.4 Å². The molecule has 0 aliphatic heterocycles. The van der Waals surface area contributed by atoms with E-state index >= 15 is 0 Å².